The molecule has 0 N–H and O–H groups in total. The van der Waals surface area contributed by atoms with Crippen molar-refractivity contribution in [1.82, 2.24) is 9.29 Å². The molecule has 0 aliphatic heterocycles. The molecule has 0 aliphatic rings. The smallest absolute Gasteiger partial charge is 0.244 e. The maximum atomic E-state index is 13.1. The van der Waals surface area contributed by atoms with Crippen LogP contribution in [0.3, 0.4) is 0 Å². The van der Waals surface area contributed by atoms with Crippen LogP contribution in [0, 0.1) is 5.82 Å². The second-order valence-electron chi connectivity index (χ2n) is 4.36. The van der Waals surface area contributed by atoms with Gasteiger partial charge in [0.2, 0.25) is 10.0 Å². The van der Waals surface area contributed by atoms with E-state index in [9.17, 15) is 12.8 Å². The van der Waals surface area contributed by atoms with Crippen molar-refractivity contribution in [3.8, 4) is 0 Å². The molecule has 0 radical (unpaired) electrons. The Morgan fingerprint density at radius 1 is 1.24 bits per heavy atom. The monoisotopic (exact) mass is 372 g/mol. The first-order valence-electron chi connectivity index (χ1n) is 6.29. The van der Waals surface area contributed by atoms with Crippen molar-refractivity contribution in [2.45, 2.75) is 18.4 Å². The van der Waals surface area contributed by atoms with Gasteiger partial charge in [-0.05, 0) is 51.8 Å². The summed E-state index contributed by atoms with van der Waals surface area (Å²) in [4.78, 5) is 3.96. The molecule has 7 heteroatoms. The molecule has 0 aliphatic carbocycles. The van der Waals surface area contributed by atoms with Gasteiger partial charge in [-0.15, -0.1) is 0 Å². The van der Waals surface area contributed by atoms with Crippen LogP contribution in [0.15, 0.2) is 52.1 Å². The number of halogens is 2. The van der Waals surface area contributed by atoms with E-state index in [1.54, 1.807) is 31.5 Å². The van der Waals surface area contributed by atoms with Crippen LogP contribution in [0.2, 0.25) is 0 Å². The van der Waals surface area contributed by atoms with Gasteiger partial charge in [0.25, 0.3) is 0 Å². The van der Waals surface area contributed by atoms with Crippen LogP contribution in [-0.4, -0.2) is 24.3 Å². The third-order valence-electron chi connectivity index (χ3n) is 2.97. The van der Waals surface area contributed by atoms with Crippen LogP contribution >= 0.6 is 15.9 Å². The summed E-state index contributed by atoms with van der Waals surface area (Å²) in [5.74, 6) is -0.488. The summed E-state index contributed by atoms with van der Waals surface area (Å²) in [6.45, 7) is 2.32. The van der Waals surface area contributed by atoms with E-state index in [4.69, 9.17) is 0 Å². The summed E-state index contributed by atoms with van der Waals surface area (Å²) < 4.78 is 40.0. The zero-order chi connectivity index (χ0) is 15.5. The molecule has 0 atom stereocenters. The summed E-state index contributed by atoms with van der Waals surface area (Å²) in [6.07, 6.45) is 3.23. The molecule has 0 spiro atoms. The maximum Gasteiger partial charge on any atom is 0.244 e. The van der Waals surface area contributed by atoms with Crippen molar-refractivity contribution in [3.63, 3.8) is 0 Å². The summed E-state index contributed by atoms with van der Waals surface area (Å²) in [5, 5.41) is 0. The van der Waals surface area contributed by atoms with Crippen molar-refractivity contribution >= 4 is 26.0 Å². The second-order valence-corrected chi connectivity index (χ2v) is 7.12. The first-order chi connectivity index (χ1) is 9.95. The van der Waals surface area contributed by atoms with E-state index in [1.165, 1.54) is 10.4 Å². The molecule has 1 aromatic heterocycles. The number of hydrogen-bond acceptors (Lipinski definition) is 3. The van der Waals surface area contributed by atoms with Gasteiger partial charge >= 0.3 is 0 Å². The van der Waals surface area contributed by atoms with Crippen molar-refractivity contribution in [2.24, 2.45) is 0 Å². The minimum Gasteiger partial charge on any atom is -0.265 e. The quantitative estimate of drug-likeness (QED) is 0.809. The van der Waals surface area contributed by atoms with Gasteiger partial charge in [0.1, 0.15) is 5.82 Å². The molecule has 21 heavy (non-hydrogen) atoms. The number of aromatic nitrogens is 1. The third kappa shape index (κ3) is 3.66. The fourth-order valence-electron chi connectivity index (χ4n) is 1.88. The molecule has 0 amide bonds. The topological polar surface area (TPSA) is 50.3 Å². The fraction of sp³-hybridized carbons (Fsp3) is 0.214. The molecule has 1 aromatic carbocycles. The molecule has 4 nitrogen and oxygen atoms in total. The van der Waals surface area contributed by atoms with E-state index >= 15 is 0 Å². The highest BCUT2D eigenvalue weighted by molar-refractivity contribution is 9.10. The van der Waals surface area contributed by atoms with E-state index in [0.717, 1.165) is 17.7 Å². The minimum absolute atomic E-state index is 0.0554. The van der Waals surface area contributed by atoms with Crippen molar-refractivity contribution in [2.75, 3.05) is 6.54 Å². The lowest BCUT2D eigenvalue weighted by molar-refractivity contribution is 0.423. The molecule has 1 heterocycles. The van der Waals surface area contributed by atoms with E-state index < -0.39 is 15.8 Å². The lowest BCUT2D eigenvalue weighted by atomic mass is 10.3. The Hall–Kier alpha value is -1.31. The Bertz CT molecular complexity index is 723. The van der Waals surface area contributed by atoms with E-state index in [0.29, 0.717) is 6.54 Å². The summed E-state index contributed by atoms with van der Waals surface area (Å²) in [5.41, 5.74) is 0.841. The van der Waals surface area contributed by atoms with Crippen LogP contribution in [-0.2, 0) is 16.6 Å². The van der Waals surface area contributed by atoms with E-state index in [-0.39, 0.29) is 15.9 Å². The molecular weight excluding hydrogens is 359 g/mol. The molecule has 112 valence electrons. The van der Waals surface area contributed by atoms with Crippen LogP contribution in [0.4, 0.5) is 4.39 Å². The zero-order valence-electron chi connectivity index (χ0n) is 11.3. The van der Waals surface area contributed by atoms with Crippen LogP contribution in [0.25, 0.3) is 0 Å². The molecule has 2 aromatic rings. The standard InChI is InChI=1S/C14H14BrFN2O2S/c1-2-18(10-11-5-7-17-8-6-11)21(19,20)14-4-3-12(16)9-13(14)15/h3-9H,2,10H2,1H3. The first-order valence-corrected chi connectivity index (χ1v) is 8.52. The van der Waals surface area contributed by atoms with Crippen molar-refractivity contribution < 1.29 is 12.8 Å². The van der Waals surface area contributed by atoms with Gasteiger partial charge < -0.3 is 0 Å². The Balaban J connectivity index is 2.36. The maximum absolute atomic E-state index is 13.1. The highest BCUT2D eigenvalue weighted by Gasteiger charge is 2.25. The molecule has 0 saturated carbocycles. The van der Waals surface area contributed by atoms with E-state index in [2.05, 4.69) is 20.9 Å². The Morgan fingerprint density at radius 2 is 1.90 bits per heavy atom. The second kappa shape index (κ2) is 6.64. The molecule has 0 fully saturated rings. The molecule has 0 saturated heterocycles. The average Bonchev–Trinajstić information content (AvgIpc) is 2.45. The van der Waals surface area contributed by atoms with Gasteiger partial charge in [0.05, 0.1) is 4.90 Å². The van der Waals surface area contributed by atoms with Gasteiger partial charge in [-0.25, -0.2) is 12.8 Å². The van der Waals surface area contributed by atoms with Gasteiger partial charge in [0.15, 0.2) is 0 Å². The van der Waals surface area contributed by atoms with Gasteiger partial charge in [-0.2, -0.15) is 4.31 Å². The minimum atomic E-state index is -3.70. The zero-order valence-corrected chi connectivity index (χ0v) is 13.7. The van der Waals surface area contributed by atoms with E-state index in [1.807, 2.05) is 0 Å². The van der Waals surface area contributed by atoms with Crippen LogP contribution in [0.5, 0.6) is 0 Å². The highest BCUT2D eigenvalue weighted by Crippen LogP contribution is 2.26. The van der Waals surface area contributed by atoms with Gasteiger partial charge in [0, 0.05) is 30.0 Å². The van der Waals surface area contributed by atoms with Gasteiger partial charge in [-0.1, -0.05) is 6.92 Å². The number of rotatable bonds is 5. The summed E-state index contributed by atoms with van der Waals surface area (Å²) >= 11 is 3.11. The highest BCUT2D eigenvalue weighted by atomic mass is 79.9. The SMILES string of the molecule is CCN(Cc1ccncc1)S(=O)(=O)c1ccc(F)cc1Br. The number of pyridine rings is 1. The largest absolute Gasteiger partial charge is 0.265 e. The Labute approximate surface area is 131 Å². The number of nitrogens with zero attached hydrogens (tertiary/aromatic N) is 2. The number of sulfonamides is 1. The summed E-state index contributed by atoms with van der Waals surface area (Å²) in [7, 11) is -3.70. The number of hydrogen-bond donors (Lipinski definition) is 0. The predicted molar refractivity (Wildman–Crippen MR) is 81.6 cm³/mol. The normalized spacial score (nSPS) is 11.8. The Kier molecular flexibility index (Phi) is 5.08. The summed E-state index contributed by atoms with van der Waals surface area (Å²) in [6, 6.07) is 7.07. The van der Waals surface area contributed by atoms with Crippen LogP contribution in [0.1, 0.15) is 12.5 Å². The lowest BCUT2D eigenvalue weighted by Gasteiger charge is -2.21. The first kappa shape index (κ1) is 16.1. The predicted octanol–water partition coefficient (Wildman–Crippen LogP) is 3.19. The Morgan fingerprint density at radius 3 is 2.48 bits per heavy atom. The molecular formula is C14H14BrFN2O2S. The third-order valence-corrected chi connectivity index (χ3v) is 5.87. The van der Waals surface area contributed by atoms with Crippen molar-refractivity contribution in [3.05, 3.63) is 58.6 Å². The average molecular weight is 373 g/mol. The molecule has 0 unspecified atom stereocenters. The molecule has 2 rings (SSSR count). The number of benzene rings is 1. The fourth-order valence-corrected chi connectivity index (χ4v) is 4.33. The lowest BCUT2D eigenvalue weighted by Crippen LogP contribution is -2.30. The van der Waals surface area contributed by atoms with Crippen molar-refractivity contribution in [1.29, 1.82) is 0 Å². The van der Waals surface area contributed by atoms with Gasteiger partial charge in [-0.3, -0.25) is 4.98 Å². The molecule has 0 bridgehead atoms. The van der Waals surface area contributed by atoms with Crippen LogP contribution < -0.4 is 0 Å².